The van der Waals surface area contributed by atoms with E-state index in [0.717, 1.165) is 71.1 Å². The summed E-state index contributed by atoms with van der Waals surface area (Å²) in [5, 5.41) is 8.10. The minimum Gasteiger partial charge on any atom is -0.379 e. The smallest absolute Gasteiger partial charge is 0.191 e. The van der Waals surface area contributed by atoms with Gasteiger partial charge in [0.25, 0.3) is 0 Å². The number of rotatable bonds is 10. The maximum Gasteiger partial charge on any atom is 0.191 e. The number of H-pyrrole nitrogens is 1. The number of aryl methyl sites for hydroxylation is 1. The van der Waals surface area contributed by atoms with Crippen molar-refractivity contribution >= 4 is 16.9 Å². The molecule has 0 radical (unpaired) electrons. The van der Waals surface area contributed by atoms with Crippen LogP contribution in [0.15, 0.2) is 29.4 Å². The van der Waals surface area contributed by atoms with Gasteiger partial charge in [-0.05, 0) is 43.7 Å². The highest BCUT2D eigenvalue weighted by Gasteiger charge is 2.15. The summed E-state index contributed by atoms with van der Waals surface area (Å²) in [5.41, 5.74) is 3.99. The van der Waals surface area contributed by atoms with E-state index < -0.39 is 0 Å². The fourth-order valence-electron chi connectivity index (χ4n) is 3.58. The van der Waals surface area contributed by atoms with E-state index in [9.17, 15) is 0 Å². The third-order valence-corrected chi connectivity index (χ3v) is 5.11. The number of nitrogens with zero attached hydrogens (tertiary/aromatic N) is 1. The molecule has 1 aliphatic rings. The molecule has 1 aromatic heterocycles. The second-order valence-electron chi connectivity index (χ2n) is 7.15. The van der Waals surface area contributed by atoms with Crippen LogP contribution in [0.3, 0.4) is 0 Å². The maximum absolute atomic E-state index is 5.80. The highest BCUT2D eigenvalue weighted by Crippen LogP contribution is 2.22. The van der Waals surface area contributed by atoms with Gasteiger partial charge >= 0.3 is 0 Å². The summed E-state index contributed by atoms with van der Waals surface area (Å²) in [7, 11) is 0. The average molecular weight is 387 g/mol. The predicted molar refractivity (Wildman–Crippen MR) is 115 cm³/mol. The summed E-state index contributed by atoms with van der Waals surface area (Å²) in [5.74, 6) is 0.876. The normalized spacial score (nSPS) is 17.4. The van der Waals surface area contributed by atoms with Gasteiger partial charge in [0.05, 0.1) is 12.7 Å². The summed E-state index contributed by atoms with van der Waals surface area (Å²) in [6.07, 6.45) is 6.36. The number of ether oxygens (including phenoxy) is 2. The van der Waals surface area contributed by atoms with E-state index in [1.54, 1.807) is 0 Å². The van der Waals surface area contributed by atoms with E-state index in [2.05, 4.69) is 58.9 Å². The molecular weight excluding hydrogens is 352 g/mol. The molecule has 0 saturated carbocycles. The minimum atomic E-state index is 0.278. The summed E-state index contributed by atoms with van der Waals surface area (Å²) >= 11 is 0. The molecule has 0 amide bonds. The van der Waals surface area contributed by atoms with E-state index in [1.165, 1.54) is 22.0 Å². The molecule has 1 fully saturated rings. The van der Waals surface area contributed by atoms with Gasteiger partial charge in [0.2, 0.25) is 0 Å². The number of hydrogen-bond acceptors (Lipinski definition) is 3. The summed E-state index contributed by atoms with van der Waals surface area (Å²) in [6.45, 7) is 9.06. The Bertz CT molecular complexity index is 750. The first-order chi connectivity index (χ1) is 13.8. The zero-order valence-electron chi connectivity index (χ0n) is 17.2. The molecule has 1 saturated heterocycles. The molecule has 28 heavy (non-hydrogen) atoms. The van der Waals surface area contributed by atoms with Crippen LogP contribution in [0.4, 0.5) is 0 Å². The lowest BCUT2D eigenvalue weighted by atomic mass is 10.1. The van der Waals surface area contributed by atoms with Crippen LogP contribution in [0, 0.1) is 0 Å². The number of hydrogen-bond donors (Lipinski definition) is 3. The number of nitrogens with one attached hydrogen (secondary N) is 3. The first-order valence-corrected chi connectivity index (χ1v) is 10.6. The van der Waals surface area contributed by atoms with Crippen molar-refractivity contribution in [3.8, 4) is 0 Å². The number of aromatic nitrogens is 1. The zero-order chi connectivity index (χ0) is 19.6. The van der Waals surface area contributed by atoms with Crippen molar-refractivity contribution in [2.45, 2.75) is 45.6 Å². The van der Waals surface area contributed by atoms with E-state index >= 15 is 0 Å². The Morgan fingerprint density at radius 1 is 1.29 bits per heavy atom. The van der Waals surface area contributed by atoms with Crippen molar-refractivity contribution in [3.63, 3.8) is 0 Å². The van der Waals surface area contributed by atoms with Gasteiger partial charge in [-0.1, -0.05) is 25.1 Å². The number of para-hydroxylation sites is 1. The topological polar surface area (TPSA) is 70.7 Å². The van der Waals surface area contributed by atoms with Crippen molar-refractivity contribution in [3.05, 3.63) is 35.5 Å². The molecule has 6 nitrogen and oxygen atoms in total. The molecule has 3 rings (SSSR count). The maximum atomic E-state index is 5.80. The average Bonchev–Trinajstić information content (AvgIpc) is 3.37. The van der Waals surface area contributed by atoms with Crippen LogP contribution >= 0.6 is 0 Å². The third-order valence-electron chi connectivity index (χ3n) is 5.11. The highest BCUT2D eigenvalue weighted by molar-refractivity contribution is 5.86. The van der Waals surface area contributed by atoms with Crippen molar-refractivity contribution in [1.82, 2.24) is 15.6 Å². The zero-order valence-corrected chi connectivity index (χ0v) is 17.2. The van der Waals surface area contributed by atoms with Gasteiger partial charge in [0, 0.05) is 49.9 Å². The van der Waals surface area contributed by atoms with Gasteiger partial charge in [-0.25, -0.2) is 0 Å². The predicted octanol–water partition coefficient (Wildman–Crippen LogP) is 3.02. The van der Waals surface area contributed by atoms with Crippen LogP contribution in [0.1, 0.15) is 37.8 Å². The molecule has 0 spiro atoms. The number of aromatic amines is 1. The van der Waals surface area contributed by atoms with E-state index in [1.807, 2.05) is 0 Å². The SMILES string of the molecule is CCNC(=NCCCOC1CCOC1)NCCc1c[nH]c2c(CC)cccc12. The fourth-order valence-corrected chi connectivity index (χ4v) is 3.58. The minimum absolute atomic E-state index is 0.278. The van der Waals surface area contributed by atoms with E-state index in [-0.39, 0.29) is 6.10 Å². The molecule has 1 atom stereocenters. The first kappa shape index (κ1) is 20.7. The summed E-state index contributed by atoms with van der Waals surface area (Å²) in [4.78, 5) is 8.11. The Kier molecular flexibility index (Phi) is 8.18. The third kappa shape index (κ3) is 5.72. The standard InChI is InChI=1S/C22H34N4O2/c1-3-17-7-5-8-20-18(15-26-21(17)20)9-12-25-22(23-4-2)24-11-6-13-28-19-10-14-27-16-19/h5,7-8,15,19,26H,3-4,6,9-14,16H2,1-2H3,(H2,23,24,25). The quantitative estimate of drug-likeness (QED) is 0.333. The molecule has 1 aliphatic heterocycles. The second kappa shape index (κ2) is 11.1. The van der Waals surface area contributed by atoms with Gasteiger partial charge in [0.1, 0.15) is 0 Å². The molecule has 1 unspecified atom stereocenters. The lowest BCUT2D eigenvalue weighted by Gasteiger charge is -2.12. The van der Waals surface area contributed by atoms with Crippen LogP contribution in [-0.4, -0.2) is 56.5 Å². The first-order valence-electron chi connectivity index (χ1n) is 10.6. The van der Waals surface area contributed by atoms with Gasteiger partial charge in [-0.15, -0.1) is 0 Å². The molecule has 154 valence electrons. The molecule has 2 heterocycles. The van der Waals surface area contributed by atoms with Crippen molar-refractivity contribution in [2.75, 3.05) is 39.5 Å². The van der Waals surface area contributed by atoms with Crippen LogP contribution in [-0.2, 0) is 22.3 Å². The molecule has 6 heteroatoms. The van der Waals surface area contributed by atoms with Crippen LogP contribution < -0.4 is 10.6 Å². The lowest BCUT2D eigenvalue weighted by molar-refractivity contribution is 0.0424. The van der Waals surface area contributed by atoms with Crippen molar-refractivity contribution in [1.29, 1.82) is 0 Å². The van der Waals surface area contributed by atoms with Crippen molar-refractivity contribution in [2.24, 2.45) is 4.99 Å². The van der Waals surface area contributed by atoms with Gasteiger partial charge in [0.15, 0.2) is 5.96 Å². The lowest BCUT2D eigenvalue weighted by Crippen LogP contribution is -2.38. The summed E-state index contributed by atoms with van der Waals surface area (Å²) in [6, 6.07) is 6.55. The Morgan fingerprint density at radius 3 is 3.00 bits per heavy atom. The highest BCUT2D eigenvalue weighted by atomic mass is 16.5. The number of aliphatic imine (C=N–C) groups is 1. The number of fused-ring (bicyclic) bond motifs is 1. The monoisotopic (exact) mass is 386 g/mol. The fraction of sp³-hybridized carbons (Fsp3) is 0.591. The number of guanidine groups is 1. The molecular formula is C22H34N4O2. The van der Waals surface area contributed by atoms with E-state index in [4.69, 9.17) is 9.47 Å². The number of benzene rings is 1. The molecule has 1 aromatic carbocycles. The molecule has 3 N–H and O–H groups in total. The van der Waals surface area contributed by atoms with Crippen LogP contribution in [0.25, 0.3) is 10.9 Å². The van der Waals surface area contributed by atoms with Crippen LogP contribution in [0.5, 0.6) is 0 Å². The molecule has 0 aliphatic carbocycles. The largest absolute Gasteiger partial charge is 0.379 e. The Balaban J connectivity index is 1.44. The Hall–Kier alpha value is -2.05. The second-order valence-corrected chi connectivity index (χ2v) is 7.15. The molecule has 0 bridgehead atoms. The van der Waals surface area contributed by atoms with Gasteiger partial charge in [-0.2, -0.15) is 0 Å². The van der Waals surface area contributed by atoms with Gasteiger partial charge < -0.3 is 25.1 Å². The van der Waals surface area contributed by atoms with Crippen molar-refractivity contribution < 1.29 is 9.47 Å². The van der Waals surface area contributed by atoms with Crippen LogP contribution in [0.2, 0.25) is 0 Å². The Labute approximate surface area is 168 Å². The Morgan fingerprint density at radius 2 is 2.21 bits per heavy atom. The van der Waals surface area contributed by atoms with E-state index in [0.29, 0.717) is 0 Å². The summed E-state index contributed by atoms with van der Waals surface area (Å²) < 4.78 is 11.1. The molecule has 2 aromatic rings. The van der Waals surface area contributed by atoms with Gasteiger partial charge in [-0.3, -0.25) is 4.99 Å².